The maximum Gasteiger partial charge on any atom is 0.259 e. The molecule has 0 saturated heterocycles. The Morgan fingerprint density at radius 2 is 2.10 bits per heavy atom. The summed E-state index contributed by atoms with van der Waals surface area (Å²) in [6, 6.07) is 9.43. The van der Waals surface area contributed by atoms with Gasteiger partial charge < -0.3 is 9.72 Å². The third-order valence-electron chi connectivity index (χ3n) is 3.22. The molecule has 0 unspecified atom stereocenters. The summed E-state index contributed by atoms with van der Waals surface area (Å²) in [5.74, 6) is -0.171. The molecule has 5 heteroatoms. The van der Waals surface area contributed by atoms with Gasteiger partial charge in [-0.05, 0) is 59.6 Å². The highest BCUT2D eigenvalue weighted by atomic mass is 79.9. The van der Waals surface area contributed by atoms with Crippen LogP contribution in [0.15, 0.2) is 47.2 Å². The molecule has 106 valence electrons. The van der Waals surface area contributed by atoms with Gasteiger partial charge in [-0.15, -0.1) is 0 Å². The predicted octanol–water partition coefficient (Wildman–Crippen LogP) is 3.97. The van der Waals surface area contributed by atoms with Gasteiger partial charge in [0.25, 0.3) is 5.91 Å². The van der Waals surface area contributed by atoms with Crippen molar-refractivity contribution < 1.29 is 4.79 Å². The van der Waals surface area contributed by atoms with Crippen molar-refractivity contribution in [1.82, 2.24) is 9.38 Å². The van der Waals surface area contributed by atoms with Crippen molar-refractivity contribution in [2.24, 2.45) is 0 Å². The predicted molar refractivity (Wildman–Crippen MR) is 86.8 cm³/mol. The molecule has 0 spiro atoms. The van der Waals surface area contributed by atoms with Gasteiger partial charge in [0.1, 0.15) is 5.65 Å². The Morgan fingerprint density at radius 1 is 1.29 bits per heavy atom. The number of fused-ring (bicyclic) bond motifs is 1. The van der Waals surface area contributed by atoms with Crippen molar-refractivity contribution >= 4 is 33.2 Å². The van der Waals surface area contributed by atoms with Gasteiger partial charge >= 0.3 is 0 Å². The lowest BCUT2D eigenvalue weighted by Crippen LogP contribution is -2.13. The second-order valence-electron chi connectivity index (χ2n) is 4.97. The first-order valence-electron chi connectivity index (χ1n) is 6.56. The quantitative estimate of drug-likeness (QED) is 0.765. The van der Waals surface area contributed by atoms with Crippen LogP contribution < -0.4 is 5.32 Å². The highest BCUT2D eigenvalue weighted by molar-refractivity contribution is 9.10. The molecule has 0 bridgehead atoms. The van der Waals surface area contributed by atoms with E-state index in [1.165, 1.54) is 0 Å². The fourth-order valence-corrected chi connectivity index (χ4v) is 2.82. The lowest BCUT2D eigenvalue weighted by molar-refractivity contribution is 0.102. The van der Waals surface area contributed by atoms with Gasteiger partial charge in [-0.25, -0.2) is 4.98 Å². The zero-order valence-electron chi connectivity index (χ0n) is 11.7. The molecule has 0 aliphatic heterocycles. The number of aryl methyl sites for hydroxylation is 2. The second kappa shape index (κ2) is 5.33. The monoisotopic (exact) mass is 343 g/mol. The number of amides is 1. The molecule has 0 radical (unpaired) electrons. The standard InChI is InChI=1S/C16H14BrN3O/c1-10-5-6-14(13(17)8-10)19-16(21)12-4-3-7-20-9-11(2)18-15(12)20/h3-9H,1-2H3,(H,19,21). The van der Waals surface area contributed by atoms with Crippen LogP contribution in [0, 0.1) is 13.8 Å². The number of anilines is 1. The van der Waals surface area contributed by atoms with E-state index in [1.807, 2.05) is 54.9 Å². The summed E-state index contributed by atoms with van der Waals surface area (Å²) in [4.78, 5) is 16.9. The van der Waals surface area contributed by atoms with Gasteiger partial charge in [-0.3, -0.25) is 4.79 Å². The first-order chi connectivity index (χ1) is 10.0. The summed E-state index contributed by atoms with van der Waals surface area (Å²) >= 11 is 3.47. The van der Waals surface area contributed by atoms with Crippen molar-refractivity contribution in [2.75, 3.05) is 5.32 Å². The van der Waals surface area contributed by atoms with Crippen molar-refractivity contribution in [3.63, 3.8) is 0 Å². The van der Waals surface area contributed by atoms with E-state index >= 15 is 0 Å². The number of hydrogen-bond acceptors (Lipinski definition) is 2. The first kappa shape index (κ1) is 13.8. The van der Waals surface area contributed by atoms with Crippen molar-refractivity contribution in [3.05, 3.63) is 64.0 Å². The van der Waals surface area contributed by atoms with Crippen LogP contribution in [-0.2, 0) is 0 Å². The molecule has 4 nitrogen and oxygen atoms in total. The largest absolute Gasteiger partial charge is 0.321 e. The molecule has 21 heavy (non-hydrogen) atoms. The lowest BCUT2D eigenvalue weighted by atomic mass is 10.2. The maximum absolute atomic E-state index is 12.5. The molecule has 1 aromatic carbocycles. The fraction of sp³-hybridized carbons (Fsp3) is 0.125. The van der Waals surface area contributed by atoms with E-state index in [2.05, 4.69) is 26.2 Å². The summed E-state index contributed by atoms with van der Waals surface area (Å²) in [5.41, 5.74) is 3.97. The molecule has 0 atom stereocenters. The van der Waals surface area contributed by atoms with Crippen LogP contribution in [0.25, 0.3) is 5.65 Å². The Kier molecular flexibility index (Phi) is 3.51. The highest BCUT2D eigenvalue weighted by Crippen LogP contribution is 2.24. The minimum absolute atomic E-state index is 0.171. The van der Waals surface area contributed by atoms with Crippen molar-refractivity contribution in [1.29, 1.82) is 0 Å². The molecule has 2 heterocycles. The average molecular weight is 344 g/mol. The van der Waals surface area contributed by atoms with E-state index < -0.39 is 0 Å². The SMILES string of the molecule is Cc1ccc(NC(=O)c2cccn3cc(C)nc23)c(Br)c1. The number of carbonyl (C=O) groups excluding carboxylic acids is 1. The first-order valence-corrected chi connectivity index (χ1v) is 7.36. The summed E-state index contributed by atoms with van der Waals surface area (Å²) in [7, 11) is 0. The zero-order chi connectivity index (χ0) is 15.0. The van der Waals surface area contributed by atoms with Gasteiger partial charge in [0.2, 0.25) is 0 Å². The maximum atomic E-state index is 12.5. The topological polar surface area (TPSA) is 46.4 Å². The Morgan fingerprint density at radius 3 is 2.86 bits per heavy atom. The van der Waals surface area contributed by atoms with E-state index in [1.54, 1.807) is 6.07 Å². The van der Waals surface area contributed by atoms with E-state index in [4.69, 9.17) is 0 Å². The van der Waals surface area contributed by atoms with Gasteiger partial charge in [-0.2, -0.15) is 0 Å². The number of benzene rings is 1. The molecule has 1 N–H and O–H groups in total. The number of imidazole rings is 1. The summed E-state index contributed by atoms with van der Waals surface area (Å²) < 4.78 is 2.72. The van der Waals surface area contributed by atoms with E-state index in [9.17, 15) is 4.79 Å². The van der Waals surface area contributed by atoms with Crippen molar-refractivity contribution in [3.8, 4) is 0 Å². The number of rotatable bonds is 2. The Bertz CT molecular complexity index is 839. The summed E-state index contributed by atoms with van der Waals surface area (Å²) in [6.07, 6.45) is 3.78. The molecule has 0 saturated carbocycles. The minimum atomic E-state index is -0.171. The Labute approximate surface area is 131 Å². The zero-order valence-corrected chi connectivity index (χ0v) is 13.3. The number of nitrogens with one attached hydrogen (secondary N) is 1. The molecule has 0 fully saturated rings. The molecule has 3 rings (SSSR count). The highest BCUT2D eigenvalue weighted by Gasteiger charge is 2.13. The van der Waals surface area contributed by atoms with Gasteiger partial charge in [-0.1, -0.05) is 6.07 Å². The molecule has 0 aliphatic rings. The third-order valence-corrected chi connectivity index (χ3v) is 3.88. The molecule has 0 aliphatic carbocycles. The molecule has 2 aromatic heterocycles. The summed E-state index contributed by atoms with van der Waals surface area (Å²) in [6.45, 7) is 3.91. The smallest absolute Gasteiger partial charge is 0.259 e. The number of hydrogen-bond donors (Lipinski definition) is 1. The van der Waals surface area contributed by atoms with Crippen molar-refractivity contribution in [2.45, 2.75) is 13.8 Å². The number of aromatic nitrogens is 2. The number of nitrogens with zero attached hydrogens (tertiary/aromatic N) is 2. The van der Waals surface area contributed by atoms with Gasteiger partial charge in [0.05, 0.1) is 16.9 Å². The molecule has 3 aromatic rings. The van der Waals surface area contributed by atoms with Crippen LogP contribution in [-0.4, -0.2) is 15.3 Å². The van der Waals surface area contributed by atoms with E-state index in [0.717, 1.165) is 21.4 Å². The third kappa shape index (κ3) is 2.69. The van der Waals surface area contributed by atoms with Gasteiger partial charge in [0, 0.05) is 16.9 Å². The van der Waals surface area contributed by atoms with Crippen LogP contribution in [0.3, 0.4) is 0 Å². The van der Waals surface area contributed by atoms with Crippen LogP contribution in [0.5, 0.6) is 0 Å². The number of carbonyl (C=O) groups is 1. The van der Waals surface area contributed by atoms with Crippen LogP contribution >= 0.6 is 15.9 Å². The average Bonchev–Trinajstić information content (AvgIpc) is 2.81. The second-order valence-corrected chi connectivity index (χ2v) is 5.83. The molecular formula is C16H14BrN3O. The molecular weight excluding hydrogens is 330 g/mol. The lowest BCUT2D eigenvalue weighted by Gasteiger charge is -2.08. The number of halogens is 1. The van der Waals surface area contributed by atoms with Gasteiger partial charge in [0.15, 0.2) is 0 Å². The molecule has 1 amide bonds. The fourth-order valence-electron chi connectivity index (χ4n) is 2.22. The Balaban J connectivity index is 1.97. The van der Waals surface area contributed by atoms with Crippen LogP contribution in [0.4, 0.5) is 5.69 Å². The van der Waals surface area contributed by atoms with Crippen LogP contribution in [0.1, 0.15) is 21.6 Å². The normalized spacial score (nSPS) is 10.8. The summed E-state index contributed by atoms with van der Waals surface area (Å²) in [5, 5.41) is 2.92. The Hall–Kier alpha value is -2.14. The van der Waals surface area contributed by atoms with E-state index in [0.29, 0.717) is 11.2 Å². The minimum Gasteiger partial charge on any atom is -0.321 e. The van der Waals surface area contributed by atoms with E-state index in [-0.39, 0.29) is 5.91 Å². The number of pyridine rings is 1. The van der Waals surface area contributed by atoms with Crippen LogP contribution in [0.2, 0.25) is 0 Å².